The molecule has 0 radical (unpaired) electrons. The molecule has 3 N–H and O–H groups in total. The van der Waals surface area contributed by atoms with Crippen molar-refractivity contribution in [1.29, 1.82) is 0 Å². The SMILES string of the molecule is CN=C(N)Nc1cc(Cl)nn1C. The third kappa shape index (κ3) is 1.88. The van der Waals surface area contributed by atoms with Crippen LogP contribution in [0.15, 0.2) is 11.1 Å². The first-order valence-electron chi connectivity index (χ1n) is 3.32. The number of aromatic nitrogens is 2. The first kappa shape index (κ1) is 8.86. The summed E-state index contributed by atoms with van der Waals surface area (Å²) in [4.78, 5) is 3.73. The summed E-state index contributed by atoms with van der Waals surface area (Å²) in [7, 11) is 3.36. The molecule has 12 heavy (non-hydrogen) atoms. The fourth-order valence-corrected chi connectivity index (χ4v) is 0.953. The van der Waals surface area contributed by atoms with E-state index in [2.05, 4.69) is 15.4 Å². The van der Waals surface area contributed by atoms with Gasteiger partial charge in [-0.25, -0.2) is 0 Å². The number of rotatable bonds is 1. The normalized spacial score (nSPS) is 11.8. The van der Waals surface area contributed by atoms with Crippen molar-refractivity contribution in [2.45, 2.75) is 0 Å². The molecular formula is C6H10ClN5. The number of nitrogens with one attached hydrogen (secondary N) is 1. The van der Waals surface area contributed by atoms with Crippen molar-refractivity contribution in [3.8, 4) is 0 Å². The molecule has 1 aromatic heterocycles. The number of aryl methyl sites for hydroxylation is 1. The van der Waals surface area contributed by atoms with Gasteiger partial charge in [0, 0.05) is 20.2 Å². The predicted octanol–water partition coefficient (Wildman–Crippen LogP) is 0.430. The molecule has 0 fully saturated rings. The van der Waals surface area contributed by atoms with Crippen LogP contribution >= 0.6 is 11.6 Å². The lowest BCUT2D eigenvalue weighted by molar-refractivity contribution is 0.778. The van der Waals surface area contributed by atoms with Crippen LogP contribution in [0.4, 0.5) is 5.82 Å². The summed E-state index contributed by atoms with van der Waals surface area (Å²) in [6.07, 6.45) is 0. The third-order valence-corrected chi connectivity index (χ3v) is 1.53. The highest BCUT2D eigenvalue weighted by atomic mass is 35.5. The van der Waals surface area contributed by atoms with Gasteiger partial charge in [0.2, 0.25) is 0 Å². The zero-order chi connectivity index (χ0) is 9.14. The van der Waals surface area contributed by atoms with Crippen LogP contribution in [0.3, 0.4) is 0 Å². The molecule has 0 saturated heterocycles. The van der Waals surface area contributed by atoms with Gasteiger partial charge in [0.1, 0.15) is 5.82 Å². The van der Waals surface area contributed by atoms with Gasteiger partial charge in [0.25, 0.3) is 0 Å². The van der Waals surface area contributed by atoms with E-state index in [1.807, 2.05) is 0 Å². The molecule has 0 aliphatic heterocycles. The molecule has 0 amide bonds. The molecule has 6 heteroatoms. The van der Waals surface area contributed by atoms with Crippen molar-refractivity contribution in [2.75, 3.05) is 12.4 Å². The van der Waals surface area contributed by atoms with Gasteiger partial charge in [0.15, 0.2) is 11.1 Å². The predicted molar refractivity (Wildman–Crippen MR) is 49.4 cm³/mol. The summed E-state index contributed by atoms with van der Waals surface area (Å²) in [5.41, 5.74) is 5.44. The van der Waals surface area contributed by atoms with Crippen molar-refractivity contribution in [3.63, 3.8) is 0 Å². The number of nitrogens with two attached hydrogens (primary N) is 1. The van der Waals surface area contributed by atoms with Crippen LogP contribution < -0.4 is 11.1 Å². The lowest BCUT2D eigenvalue weighted by Crippen LogP contribution is -2.23. The van der Waals surface area contributed by atoms with Gasteiger partial charge in [-0.2, -0.15) is 5.10 Å². The lowest BCUT2D eigenvalue weighted by atomic mass is 10.6. The summed E-state index contributed by atoms with van der Waals surface area (Å²) in [6, 6.07) is 1.67. The Balaban J connectivity index is 2.82. The molecular weight excluding hydrogens is 178 g/mol. The van der Waals surface area contributed by atoms with E-state index in [-0.39, 0.29) is 0 Å². The number of nitrogens with zero attached hydrogens (tertiary/aromatic N) is 3. The highest BCUT2D eigenvalue weighted by molar-refractivity contribution is 6.29. The zero-order valence-corrected chi connectivity index (χ0v) is 7.63. The maximum Gasteiger partial charge on any atom is 0.194 e. The zero-order valence-electron chi connectivity index (χ0n) is 6.87. The van der Waals surface area contributed by atoms with Crippen molar-refractivity contribution >= 4 is 23.4 Å². The quantitative estimate of drug-likeness (QED) is 0.495. The van der Waals surface area contributed by atoms with Crippen LogP contribution in [0.5, 0.6) is 0 Å². The van der Waals surface area contributed by atoms with Gasteiger partial charge < -0.3 is 11.1 Å². The summed E-state index contributed by atoms with van der Waals surface area (Å²) < 4.78 is 1.58. The van der Waals surface area contributed by atoms with E-state index < -0.39 is 0 Å². The standard InChI is InChI=1S/C6H10ClN5/c1-9-6(8)10-5-3-4(7)11-12(5)2/h3H,1-2H3,(H3,8,9,10). The van der Waals surface area contributed by atoms with Crippen molar-refractivity contribution in [1.82, 2.24) is 9.78 Å². The van der Waals surface area contributed by atoms with Crippen molar-refractivity contribution in [2.24, 2.45) is 17.8 Å². The number of hydrogen-bond donors (Lipinski definition) is 2. The molecule has 0 saturated carbocycles. The van der Waals surface area contributed by atoms with E-state index in [0.717, 1.165) is 0 Å². The fraction of sp³-hybridized carbons (Fsp3) is 0.333. The molecule has 1 aromatic rings. The summed E-state index contributed by atoms with van der Waals surface area (Å²) >= 11 is 5.64. The second-order valence-electron chi connectivity index (χ2n) is 2.21. The van der Waals surface area contributed by atoms with Crippen molar-refractivity contribution in [3.05, 3.63) is 11.2 Å². The fourth-order valence-electron chi connectivity index (χ4n) is 0.736. The van der Waals surface area contributed by atoms with E-state index >= 15 is 0 Å². The van der Waals surface area contributed by atoms with Gasteiger partial charge in [-0.3, -0.25) is 9.67 Å². The molecule has 0 atom stereocenters. The van der Waals surface area contributed by atoms with Crippen molar-refractivity contribution < 1.29 is 0 Å². The van der Waals surface area contributed by atoms with Crippen LogP contribution in [-0.2, 0) is 7.05 Å². The summed E-state index contributed by atoms with van der Waals surface area (Å²) in [6.45, 7) is 0. The Morgan fingerprint density at radius 1 is 1.83 bits per heavy atom. The minimum atomic E-state index is 0.328. The van der Waals surface area contributed by atoms with Gasteiger partial charge >= 0.3 is 0 Å². The van der Waals surface area contributed by atoms with E-state index in [0.29, 0.717) is 16.9 Å². The highest BCUT2D eigenvalue weighted by Crippen LogP contribution is 2.12. The Labute approximate surface area is 75.2 Å². The van der Waals surface area contributed by atoms with Crippen LogP contribution in [0.25, 0.3) is 0 Å². The van der Waals surface area contributed by atoms with Gasteiger partial charge in [-0.1, -0.05) is 11.6 Å². The molecule has 0 aromatic carbocycles. The van der Waals surface area contributed by atoms with Gasteiger partial charge in [-0.15, -0.1) is 0 Å². The van der Waals surface area contributed by atoms with Crippen LogP contribution in [-0.4, -0.2) is 22.8 Å². The second-order valence-corrected chi connectivity index (χ2v) is 2.60. The maximum absolute atomic E-state index is 5.64. The lowest BCUT2D eigenvalue weighted by Gasteiger charge is -2.02. The average molecular weight is 188 g/mol. The van der Waals surface area contributed by atoms with Crippen LogP contribution in [0.1, 0.15) is 0 Å². The third-order valence-electron chi connectivity index (χ3n) is 1.35. The Kier molecular flexibility index (Phi) is 2.54. The Morgan fingerprint density at radius 3 is 2.92 bits per heavy atom. The van der Waals surface area contributed by atoms with Crippen LogP contribution in [0, 0.1) is 0 Å². The largest absolute Gasteiger partial charge is 0.370 e. The summed E-state index contributed by atoms with van der Waals surface area (Å²) in [5.74, 6) is 1.04. The van der Waals surface area contributed by atoms with E-state index in [9.17, 15) is 0 Å². The molecule has 0 aliphatic carbocycles. The molecule has 0 spiro atoms. The first-order chi connectivity index (χ1) is 5.63. The van der Waals surface area contributed by atoms with Gasteiger partial charge in [-0.05, 0) is 0 Å². The Morgan fingerprint density at radius 2 is 2.50 bits per heavy atom. The Hall–Kier alpha value is -1.23. The minimum absolute atomic E-state index is 0.328. The molecule has 66 valence electrons. The topological polar surface area (TPSA) is 68.2 Å². The average Bonchev–Trinajstić information content (AvgIpc) is 2.30. The van der Waals surface area contributed by atoms with Gasteiger partial charge in [0.05, 0.1) is 0 Å². The molecule has 5 nitrogen and oxygen atoms in total. The number of hydrogen-bond acceptors (Lipinski definition) is 2. The Bertz CT molecular complexity index is 303. The first-order valence-corrected chi connectivity index (χ1v) is 3.70. The second kappa shape index (κ2) is 3.44. The monoisotopic (exact) mass is 187 g/mol. The van der Waals surface area contributed by atoms with Crippen LogP contribution in [0.2, 0.25) is 5.15 Å². The molecule has 1 rings (SSSR count). The van der Waals surface area contributed by atoms with E-state index in [1.165, 1.54) is 0 Å². The molecule has 1 heterocycles. The maximum atomic E-state index is 5.64. The molecule has 0 aliphatic rings. The van der Waals surface area contributed by atoms with E-state index in [1.54, 1.807) is 24.8 Å². The molecule has 0 unspecified atom stereocenters. The number of anilines is 1. The summed E-state index contributed by atoms with van der Waals surface area (Å²) in [5, 5.41) is 7.15. The number of halogens is 1. The molecule has 0 bridgehead atoms. The number of aliphatic imine (C=N–C) groups is 1. The minimum Gasteiger partial charge on any atom is -0.370 e. The highest BCUT2D eigenvalue weighted by Gasteiger charge is 2.02. The number of guanidine groups is 1. The smallest absolute Gasteiger partial charge is 0.194 e. The van der Waals surface area contributed by atoms with E-state index in [4.69, 9.17) is 17.3 Å².